The molecule has 7 aromatic rings. The van der Waals surface area contributed by atoms with E-state index in [0.717, 1.165) is 35.8 Å². The summed E-state index contributed by atoms with van der Waals surface area (Å²) < 4.78 is 1.72. The van der Waals surface area contributed by atoms with Crippen LogP contribution < -0.4 is 10.9 Å². The summed E-state index contributed by atoms with van der Waals surface area (Å²) in [6.07, 6.45) is 0. The standard InChI is InChI=1S/C31H20N2O2S2/c1-13-5-7-16-17-8-6-15(10-23(17)31(3,4)22(16)9-13)30-33-25-27(35)19-11-20-18(12-21(19)29(25)37-30)26(34)24-28(20)36-14(2)32-24/h5-12H,1-4H3. The molecule has 1 aliphatic carbocycles. The Morgan fingerprint density at radius 2 is 1.27 bits per heavy atom. The SMILES string of the molecule is Cc1ccc2c(c1)C(C)(C)c1cc(-c3nc4c(=O)c5cc6c(cc5c4s3)c(=O)c3nc(C)sc36)ccc1-2. The fraction of sp³-hybridized carbons (Fsp3) is 0.161. The molecule has 0 aliphatic heterocycles. The average molecular weight is 517 g/mol. The molecule has 1 aliphatic rings. The molecular formula is C31H20N2O2S2. The van der Waals surface area contributed by atoms with Crippen LogP contribution in [-0.2, 0) is 5.41 Å². The summed E-state index contributed by atoms with van der Waals surface area (Å²) in [5.74, 6) is 0. The molecule has 0 unspecified atom stereocenters. The van der Waals surface area contributed by atoms with Crippen molar-refractivity contribution in [1.82, 2.24) is 9.97 Å². The van der Waals surface area contributed by atoms with Crippen molar-refractivity contribution in [3.05, 3.63) is 90.7 Å². The number of hydrogen-bond acceptors (Lipinski definition) is 6. The summed E-state index contributed by atoms with van der Waals surface area (Å²) in [7, 11) is 0. The van der Waals surface area contributed by atoms with E-state index in [2.05, 4.69) is 62.2 Å². The van der Waals surface area contributed by atoms with E-state index < -0.39 is 0 Å². The van der Waals surface area contributed by atoms with Gasteiger partial charge in [0.2, 0.25) is 10.9 Å². The molecular weight excluding hydrogens is 496 g/mol. The molecule has 37 heavy (non-hydrogen) atoms. The summed E-state index contributed by atoms with van der Waals surface area (Å²) in [6, 6.07) is 17.0. The van der Waals surface area contributed by atoms with E-state index in [1.165, 1.54) is 50.5 Å². The van der Waals surface area contributed by atoms with Gasteiger partial charge in [-0.3, -0.25) is 9.59 Å². The summed E-state index contributed by atoms with van der Waals surface area (Å²) in [6.45, 7) is 8.58. The zero-order valence-corrected chi connectivity index (χ0v) is 22.3. The van der Waals surface area contributed by atoms with Crippen LogP contribution in [0.4, 0.5) is 0 Å². The maximum Gasteiger partial charge on any atom is 0.213 e. The molecule has 5 aromatic carbocycles. The van der Waals surface area contributed by atoms with Crippen LogP contribution in [0.2, 0.25) is 0 Å². The van der Waals surface area contributed by atoms with E-state index in [4.69, 9.17) is 4.98 Å². The summed E-state index contributed by atoms with van der Waals surface area (Å²) in [4.78, 5) is 35.8. The third-order valence-electron chi connectivity index (χ3n) is 8.01. The predicted molar refractivity (Wildman–Crippen MR) is 155 cm³/mol. The first-order valence-corrected chi connectivity index (χ1v) is 13.9. The number of aryl methyl sites for hydroxylation is 2. The number of hydrogen-bond donors (Lipinski definition) is 0. The Balaban J connectivity index is 1.33. The summed E-state index contributed by atoms with van der Waals surface area (Å²) in [5, 5.41) is 4.59. The van der Waals surface area contributed by atoms with Crippen molar-refractivity contribution < 1.29 is 0 Å². The molecule has 6 heteroatoms. The molecule has 0 saturated carbocycles. The highest BCUT2D eigenvalue weighted by atomic mass is 32.1. The molecule has 2 heterocycles. The van der Waals surface area contributed by atoms with Crippen LogP contribution >= 0.6 is 22.7 Å². The van der Waals surface area contributed by atoms with E-state index in [1.807, 2.05) is 19.1 Å². The van der Waals surface area contributed by atoms with Gasteiger partial charge in [-0.15, -0.1) is 22.7 Å². The number of thiazole rings is 2. The van der Waals surface area contributed by atoms with Crippen LogP contribution in [0.5, 0.6) is 0 Å². The first-order chi connectivity index (χ1) is 17.7. The maximum atomic E-state index is 13.4. The second kappa shape index (κ2) is 6.77. The van der Waals surface area contributed by atoms with Crippen LogP contribution in [0.3, 0.4) is 0 Å². The van der Waals surface area contributed by atoms with Crippen LogP contribution in [0.15, 0.2) is 58.1 Å². The van der Waals surface area contributed by atoms with E-state index in [1.54, 1.807) is 0 Å². The van der Waals surface area contributed by atoms with E-state index >= 15 is 0 Å². The summed E-state index contributed by atoms with van der Waals surface area (Å²) in [5.41, 5.74) is 8.24. The molecule has 0 N–H and O–H groups in total. The Labute approximate surface area is 219 Å². The van der Waals surface area contributed by atoms with Crippen molar-refractivity contribution in [1.29, 1.82) is 0 Å². The van der Waals surface area contributed by atoms with Crippen LogP contribution in [-0.4, -0.2) is 9.97 Å². The van der Waals surface area contributed by atoms with E-state index in [-0.39, 0.29) is 16.3 Å². The molecule has 0 bridgehead atoms. The Morgan fingerprint density at radius 1 is 0.676 bits per heavy atom. The first kappa shape index (κ1) is 21.4. The highest BCUT2D eigenvalue weighted by Crippen LogP contribution is 2.50. The van der Waals surface area contributed by atoms with Gasteiger partial charge in [0.25, 0.3) is 0 Å². The number of benzene rings is 3. The highest BCUT2D eigenvalue weighted by Gasteiger charge is 2.35. The first-order valence-electron chi connectivity index (χ1n) is 12.2. The Bertz CT molecular complexity index is 2240. The second-order valence-electron chi connectivity index (χ2n) is 10.6. The molecule has 8 rings (SSSR count). The van der Waals surface area contributed by atoms with Crippen LogP contribution in [0, 0.1) is 13.8 Å². The van der Waals surface area contributed by atoms with Gasteiger partial charge in [0.15, 0.2) is 0 Å². The normalized spacial score (nSPS) is 14.4. The minimum atomic E-state index is -0.109. The number of rotatable bonds is 1. The lowest BCUT2D eigenvalue weighted by molar-refractivity contribution is 0.660. The van der Waals surface area contributed by atoms with Gasteiger partial charge < -0.3 is 0 Å². The molecule has 0 spiro atoms. The Kier molecular flexibility index (Phi) is 3.90. The van der Waals surface area contributed by atoms with Crippen LogP contribution in [0.25, 0.3) is 63.7 Å². The average Bonchev–Trinajstić information content (AvgIpc) is 3.64. The topological polar surface area (TPSA) is 59.9 Å². The molecule has 0 atom stereocenters. The van der Waals surface area contributed by atoms with Crippen LogP contribution in [0.1, 0.15) is 35.5 Å². The minimum Gasteiger partial charge on any atom is -0.287 e. The molecule has 4 nitrogen and oxygen atoms in total. The third-order valence-corrected chi connectivity index (χ3v) is 10.1. The fourth-order valence-corrected chi connectivity index (χ4v) is 8.17. The van der Waals surface area contributed by atoms with Gasteiger partial charge in [-0.1, -0.05) is 49.7 Å². The van der Waals surface area contributed by atoms with Gasteiger partial charge in [0.05, 0.1) is 14.4 Å². The Hall–Kier alpha value is -3.74. The molecule has 2 aromatic heterocycles. The van der Waals surface area contributed by atoms with Gasteiger partial charge in [-0.25, -0.2) is 9.97 Å². The van der Waals surface area contributed by atoms with Crippen molar-refractivity contribution in [3.8, 4) is 21.7 Å². The lowest BCUT2D eigenvalue weighted by atomic mass is 9.81. The van der Waals surface area contributed by atoms with Gasteiger partial charge in [-0.05, 0) is 54.3 Å². The van der Waals surface area contributed by atoms with Gasteiger partial charge in [0.1, 0.15) is 16.0 Å². The number of aromatic nitrogens is 2. The maximum absolute atomic E-state index is 13.4. The van der Waals surface area contributed by atoms with Crippen molar-refractivity contribution in [2.75, 3.05) is 0 Å². The lowest BCUT2D eigenvalue weighted by Crippen LogP contribution is -2.15. The minimum absolute atomic E-state index is 0.0570. The quantitative estimate of drug-likeness (QED) is 0.228. The van der Waals surface area contributed by atoms with E-state index in [0.29, 0.717) is 21.8 Å². The Morgan fingerprint density at radius 3 is 1.97 bits per heavy atom. The largest absolute Gasteiger partial charge is 0.287 e. The zero-order valence-electron chi connectivity index (χ0n) is 20.6. The monoisotopic (exact) mass is 516 g/mol. The molecule has 0 amide bonds. The predicted octanol–water partition coefficient (Wildman–Crippen LogP) is 7.40. The van der Waals surface area contributed by atoms with E-state index in [9.17, 15) is 9.59 Å². The molecule has 0 fully saturated rings. The van der Waals surface area contributed by atoms with Crippen molar-refractivity contribution in [3.63, 3.8) is 0 Å². The van der Waals surface area contributed by atoms with Crippen molar-refractivity contribution in [2.24, 2.45) is 0 Å². The number of nitrogens with zero attached hydrogens (tertiary/aromatic N) is 2. The molecule has 0 saturated heterocycles. The molecule has 178 valence electrons. The third kappa shape index (κ3) is 2.62. The van der Waals surface area contributed by atoms with Gasteiger partial charge in [0, 0.05) is 32.5 Å². The van der Waals surface area contributed by atoms with Crippen molar-refractivity contribution in [2.45, 2.75) is 33.1 Å². The van der Waals surface area contributed by atoms with Gasteiger partial charge >= 0.3 is 0 Å². The van der Waals surface area contributed by atoms with Crippen molar-refractivity contribution >= 4 is 64.7 Å². The lowest BCUT2D eigenvalue weighted by Gasteiger charge is -2.22. The molecule has 0 radical (unpaired) electrons. The highest BCUT2D eigenvalue weighted by molar-refractivity contribution is 7.22. The zero-order chi connectivity index (χ0) is 25.4. The fourth-order valence-electron chi connectivity index (χ4n) is 6.13. The van der Waals surface area contributed by atoms with Gasteiger partial charge in [-0.2, -0.15) is 0 Å². The second-order valence-corrected chi connectivity index (χ2v) is 12.8. The summed E-state index contributed by atoms with van der Waals surface area (Å²) >= 11 is 3.04. The smallest absolute Gasteiger partial charge is 0.213 e. The number of fused-ring (bicyclic) bond motifs is 9.